The molecule has 14 aromatic rings. The molecule has 396 valence electrons. The fourth-order valence-corrected chi connectivity index (χ4v) is 12.6. The van der Waals surface area contributed by atoms with Gasteiger partial charge in [0, 0.05) is 42.0 Å². The molecule has 1 aliphatic rings. The first-order valence-electron chi connectivity index (χ1n) is 31.0. The van der Waals surface area contributed by atoms with Crippen molar-refractivity contribution in [2.24, 2.45) is 0 Å². The smallest absolute Gasteiger partial charge is 0.269 e. The maximum Gasteiger partial charge on any atom is 0.269 e. The molecule has 0 saturated heterocycles. The number of para-hydroxylation sites is 3. The second-order valence-electron chi connectivity index (χ2n) is 23.8. The summed E-state index contributed by atoms with van der Waals surface area (Å²) in [5.41, 5.74) is 15.9. The number of rotatable bonds is 6. The molecule has 0 N–H and O–H groups in total. The molecule has 0 aliphatic carbocycles. The van der Waals surface area contributed by atoms with Gasteiger partial charge in [-0.3, -0.25) is 13.7 Å². The van der Waals surface area contributed by atoms with Gasteiger partial charge in [0.15, 0.2) is 0 Å². The Morgan fingerprint density at radius 2 is 1.01 bits per heavy atom. The molecule has 0 saturated carbocycles. The van der Waals surface area contributed by atoms with Crippen LogP contribution in [0.2, 0.25) is 0 Å². The van der Waals surface area contributed by atoms with Gasteiger partial charge in [0.1, 0.15) is 17.3 Å². The van der Waals surface area contributed by atoms with Crippen LogP contribution in [0, 0.1) is 20.0 Å². The highest BCUT2D eigenvalue weighted by Gasteiger charge is 2.31. The van der Waals surface area contributed by atoms with E-state index in [1.807, 2.05) is 66.9 Å². The summed E-state index contributed by atoms with van der Waals surface area (Å²) in [4.78, 5) is 4.94. The maximum absolute atomic E-state index is 8.97. The zero-order valence-electron chi connectivity index (χ0n) is 52.5. The topological polar surface area (TPSA) is 40.8 Å². The van der Waals surface area contributed by atoms with Gasteiger partial charge in [-0.1, -0.05) is 175 Å². The molecule has 82 heavy (non-hydrogen) atoms. The molecule has 0 spiro atoms. The molecule has 0 atom stereocenters. The number of benzene rings is 10. The number of ether oxygens (including phenoxy) is 1. The van der Waals surface area contributed by atoms with Crippen molar-refractivity contribution in [3.63, 3.8) is 0 Å². The Kier molecular flexibility index (Phi) is 9.66. The van der Waals surface area contributed by atoms with Crippen molar-refractivity contribution < 1.29 is 17.5 Å². The first kappa shape index (κ1) is 43.1. The van der Waals surface area contributed by atoms with Gasteiger partial charge in [0.05, 0.1) is 50.2 Å². The minimum atomic E-state index is -2.67. The predicted octanol–water partition coefficient (Wildman–Crippen LogP) is 19.3. The van der Waals surface area contributed by atoms with E-state index < -0.39 is 13.7 Å². The summed E-state index contributed by atoms with van der Waals surface area (Å²) in [5.74, 6) is 2.12. The van der Waals surface area contributed by atoms with Gasteiger partial charge in [-0.25, -0.2) is 4.98 Å². The molecule has 4 aromatic heterocycles. The summed E-state index contributed by atoms with van der Waals surface area (Å²) in [7, 11) is 0. The number of hydrogen-bond donors (Lipinski definition) is 0. The average Bonchev–Trinajstić information content (AvgIpc) is 1.55. The van der Waals surface area contributed by atoms with E-state index in [-0.39, 0.29) is 27.5 Å². The summed E-state index contributed by atoms with van der Waals surface area (Å²) in [6.07, 6.45) is 5.91. The molecule has 0 radical (unpaired) electrons. The number of imidazole rings is 1. The summed E-state index contributed by atoms with van der Waals surface area (Å²) >= 11 is 0. The SMILES string of the molecule is [2H]C([2H])([2H])c1cccc(C([2H])([2H])[2H])c1-c1cc2c(c(-n3c4ccccc4c4ccccc43)c1)-[n+]1[c-]n(-c3cccc(Oc4ccc5c6ccccc6n(-c6cc(C(C)(C)C)ccn6)c5c4)c3)c3cc(C(C)(C)C)cc(c31)-c1ccccc1-c1ccccc1-2. The maximum atomic E-state index is 8.97. The van der Waals surface area contributed by atoms with Gasteiger partial charge in [-0.15, -0.1) is 0 Å². The Hall–Kier alpha value is -9.78. The fraction of sp³-hybridized carbons (Fsp3) is 0.132. The second-order valence-corrected chi connectivity index (χ2v) is 23.8. The third-order valence-electron chi connectivity index (χ3n) is 16.6. The van der Waals surface area contributed by atoms with Gasteiger partial charge < -0.3 is 9.30 Å². The number of aromatic nitrogens is 5. The molecule has 10 aromatic carbocycles. The van der Waals surface area contributed by atoms with Crippen LogP contribution < -0.4 is 9.30 Å². The van der Waals surface area contributed by atoms with E-state index in [0.29, 0.717) is 22.7 Å². The Bertz CT molecular complexity index is 5110. The van der Waals surface area contributed by atoms with Crippen LogP contribution in [0.25, 0.3) is 122 Å². The molecule has 0 amide bonds. The van der Waals surface area contributed by atoms with E-state index in [4.69, 9.17) is 17.9 Å². The summed E-state index contributed by atoms with van der Waals surface area (Å²) < 4.78 is 69.6. The lowest BCUT2D eigenvalue weighted by molar-refractivity contribution is -0.571. The van der Waals surface area contributed by atoms with Crippen molar-refractivity contribution in [3.8, 4) is 78.9 Å². The van der Waals surface area contributed by atoms with Crippen LogP contribution in [0.1, 0.15) is 72.0 Å². The predicted molar refractivity (Wildman–Crippen MR) is 339 cm³/mol. The molecular weight excluding hydrogens is 999 g/mol. The first-order valence-corrected chi connectivity index (χ1v) is 28.0. The van der Waals surface area contributed by atoms with Crippen molar-refractivity contribution in [1.82, 2.24) is 18.7 Å². The van der Waals surface area contributed by atoms with Crippen LogP contribution in [0.3, 0.4) is 0 Å². The van der Waals surface area contributed by atoms with Crippen molar-refractivity contribution in [1.29, 1.82) is 0 Å². The van der Waals surface area contributed by atoms with Gasteiger partial charge in [-0.05, 0) is 170 Å². The quantitative estimate of drug-likeness (QED) is 0.123. The van der Waals surface area contributed by atoms with Crippen LogP contribution in [-0.2, 0) is 10.8 Å². The van der Waals surface area contributed by atoms with Crippen LogP contribution in [-0.4, -0.2) is 18.7 Å². The molecule has 5 heterocycles. The highest BCUT2D eigenvalue weighted by Crippen LogP contribution is 2.48. The van der Waals surface area contributed by atoms with Crippen molar-refractivity contribution in [3.05, 3.63) is 253 Å². The van der Waals surface area contributed by atoms with E-state index in [1.165, 1.54) is 5.56 Å². The number of hydrogen-bond acceptors (Lipinski definition) is 2. The Balaban J connectivity index is 1.03. The van der Waals surface area contributed by atoms with E-state index in [9.17, 15) is 0 Å². The van der Waals surface area contributed by atoms with Crippen LogP contribution >= 0.6 is 0 Å². The molecular formula is C76H61N5O. The number of fused-ring (bicyclic) bond motifs is 13. The minimum Gasteiger partial charge on any atom is -0.458 e. The lowest BCUT2D eigenvalue weighted by Crippen LogP contribution is -2.33. The van der Waals surface area contributed by atoms with Crippen molar-refractivity contribution in [2.45, 2.75) is 66.1 Å². The first-order chi connectivity index (χ1) is 42.2. The van der Waals surface area contributed by atoms with Gasteiger partial charge >= 0.3 is 0 Å². The van der Waals surface area contributed by atoms with Crippen LogP contribution in [0.4, 0.5) is 0 Å². The molecule has 1 aliphatic heterocycles. The average molecular weight is 1070 g/mol. The third kappa shape index (κ3) is 7.76. The van der Waals surface area contributed by atoms with Crippen LogP contribution in [0.5, 0.6) is 11.5 Å². The Morgan fingerprint density at radius 1 is 0.451 bits per heavy atom. The standard InChI is InChI=1S/C76H61N5O/c1-47-21-19-22-48(2)72(47)49-39-63-57-27-11-9-25-55(57)56-26-10-12-28-58(56)64-41-51(76(6,7)8)42-69-73(64)79(74(63)70(40-49)80-65-32-16-13-29-59(65)60-30-14-17-33-66(60)80)46-78(69)52-23-20-24-53(44-52)82-54-35-36-62-61-31-15-18-34-67(61)81(68(62)45-54)71-43-50(37-38-77-71)75(3,4)5/h9-45H,1-8H3/i1D3,2D3. The lowest BCUT2D eigenvalue weighted by atomic mass is 9.83. The largest absolute Gasteiger partial charge is 0.458 e. The molecule has 0 bridgehead atoms. The second kappa shape index (κ2) is 18.4. The molecule has 6 nitrogen and oxygen atoms in total. The normalized spacial score (nSPS) is 13.8. The van der Waals surface area contributed by atoms with Gasteiger partial charge in [-0.2, -0.15) is 0 Å². The van der Waals surface area contributed by atoms with Gasteiger partial charge in [0.2, 0.25) is 0 Å². The number of pyridine rings is 1. The van der Waals surface area contributed by atoms with Gasteiger partial charge in [0.25, 0.3) is 6.33 Å². The summed E-state index contributed by atoms with van der Waals surface area (Å²) in [6, 6.07) is 73.9. The summed E-state index contributed by atoms with van der Waals surface area (Å²) in [5, 5.41) is 4.26. The minimum absolute atomic E-state index is 0.0453. The highest BCUT2D eigenvalue weighted by molar-refractivity contribution is 6.11. The Labute approximate surface area is 486 Å². The van der Waals surface area contributed by atoms with E-state index in [1.54, 1.807) is 18.2 Å². The van der Waals surface area contributed by atoms with Crippen LogP contribution in [0.15, 0.2) is 225 Å². The number of nitrogens with zero attached hydrogens (tertiary/aromatic N) is 5. The molecule has 15 rings (SSSR count). The lowest BCUT2D eigenvalue weighted by Gasteiger charge is -2.23. The molecule has 6 heteroatoms. The molecule has 0 fully saturated rings. The monoisotopic (exact) mass is 1070 g/mol. The van der Waals surface area contributed by atoms with Crippen molar-refractivity contribution in [2.75, 3.05) is 0 Å². The highest BCUT2D eigenvalue weighted by atomic mass is 16.5. The fourth-order valence-electron chi connectivity index (χ4n) is 12.6. The molecule has 0 unspecified atom stereocenters. The third-order valence-corrected chi connectivity index (χ3v) is 16.6. The summed E-state index contributed by atoms with van der Waals surface area (Å²) in [6.45, 7) is 8.04. The number of aryl methyl sites for hydroxylation is 2. The van der Waals surface area contributed by atoms with Crippen molar-refractivity contribution >= 4 is 54.6 Å². The van der Waals surface area contributed by atoms with E-state index in [2.05, 4.69) is 206 Å². The van der Waals surface area contributed by atoms with E-state index in [0.717, 1.165) is 111 Å². The Morgan fingerprint density at radius 3 is 1.65 bits per heavy atom. The van der Waals surface area contributed by atoms with E-state index >= 15 is 0 Å². The zero-order valence-corrected chi connectivity index (χ0v) is 46.5. The zero-order chi connectivity index (χ0) is 60.8.